The number of amides is 2. The van der Waals surface area contributed by atoms with Crippen LogP contribution in [0.25, 0.3) is 22.2 Å². The van der Waals surface area contributed by atoms with Crippen LogP contribution in [0.2, 0.25) is 0 Å². The number of anilines is 2. The molecule has 1 aliphatic heterocycles. The number of methoxy groups -OCH3 is 1. The van der Waals surface area contributed by atoms with Crippen molar-refractivity contribution in [2.45, 2.75) is 18.9 Å². The average Bonchev–Trinajstić information content (AvgIpc) is 3.65. The van der Waals surface area contributed by atoms with Gasteiger partial charge in [-0.05, 0) is 60.6 Å². The SMILES string of the molecule is C=CC(=O)N1CC2CC(n3cc(-c4ccc(C(=O)Nc5ccccn5)c(OC)c4)c4c(N)ncnc43)CC2C1. The first-order valence-corrected chi connectivity index (χ1v) is 12.9. The second-order valence-electron chi connectivity index (χ2n) is 10.1. The molecule has 2 unspecified atom stereocenters. The average molecular weight is 524 g/mol. The minimum Gasteiger partial charge on any atom is -0.496 e. The van der Waals surface area contributed by atoms with Gasteiger partial charge in [0.2, 0.25) is 5.91 Å². The summed E-state index contributed by atoms with van der Waals surface area (Å²) >= 11 is 0. The van der Waals surface area contributed by atoms with E-state index in [1.165, 1.54) is 19.5 Å². The van der Waals surface area contributed by atoms with Crippen molar-refractivity contribution in [2.75, 3.05) is 31.2 Å². The summed E-state index contributed by atoms with van der Waals surface area (Å²) in [7, 11) is 1.54. The fourth-order valence-electron chi connectivity index (χ4n) is 6.08. The summed E-state index contributed by atoms with van der Waals surface area (Å²) in [5, 5.41) is 3.57. The number of rotatable bonds is 6. The molecule has 3 aromatic heterocycles. The van der Waals surface area contributed by atoms with Gasteiger partial charge >= 0.3 is 0 Å². The van der Waals surface area contributed by atoms with Crippen LogP contribution < -0.4 is 15.8 Å². The molecule has 1 saturated carbocycles. The Bertz CT molecular complexity index is 1570. The molecule has 1 saturated heterocycles. The van der Waals surface area contributed by atoms with Crippen LogP contribution in [0.4, 0.5) is 11.6 Å². The van der Waals surface area contributed by atoms with Crippen LogP contribution in [-0.4, -0.2) is 56.4 Å². The quantitative estimate of drug-likeness (QED) is 0.367. The third-order valence-electron chi connectivity index (χ3n) is 7.91. The molecule has 4 heterocycles. The number of pyridine rings is 1. The van der Waals surface area contributed by atoms with E-state index in [0.29, 0.717) is 34.8 Å². The number of nitrogens with zero attached hydrogens (tertiary/aromatic N) is 5. The molecule has 1 aliphatic carbocycles. The molecule has 2 fully saturated rings. The van der Waals surface area contributed by atoms with Gasteiger partial charge in [0.15, 0.2) is 0 Å². The van der Waals surface area contributed by atoms with Crippen LogP contribution in [0.3, 0.4) is 0 Å². The van der Waals surface area contributed by atoms with E-state index in [1.54, 1.807) is 30.5 Å². The van der Waals surface area contributed by atoms with E-state index < -0.39 is 0 Å². The summed E-state index contributed by atoms with van der Waals surface area (Å²) in [6.07, 6.45) is 8.49. The normalized spacial score (nSPS) is 20.1. The molecular weight excluding hydrogens is 494 g/mol. The highest BCUT2D eigenvalue weighted by Gasteiger charge is 2.43. The summed E-state index contributed by atoms with van der Waals surface area (Å²) in [6.45, 7) is 5.14. The number of nitrogen functional groups attached to an aromatic ring is 1. The Balaban J connectivity index is 1.33. The fourth-order valence-corrected chi connectivity index (χ4v) is 6.08. The van der Waals surface area contributed by atoms with Crippen LogP contribution in [0.5, 0.6) is 5.75 Å². The van der Waals surface area contributed by atoms with Gasteiger partial charge in [-0.2, -0.15) is 0 Å². The third-order valence-corrected chi connectivity index (χ3v) is 7.91. The number of nitrogens with two attached hydrogens (primary N) is 1. The van der Waals surface area contributed by atoms with Gasteiger partial charge in [-0.3, -0.25) is 9.59 Å². The minimum absolute atomic E-state index is 0.00118. The number of hydrogen-bond acceptors (Lipinski definition) is 7. The van der Waals surface area contributed by atoms with Crippen LogP contribution in [0.1, 0.15) is 29.2 Å². The zero-order chi connectivity index (χ0) is 27.1. The first-order valence-electron chi connectivity index (χ1n) is 12.9. The lowest BCUT2D eigenvalue weighted by molar-refractivity contribution is -0.125. The van der Waals surface area contributed by atoms with Crippen molar-refractivity contribution in [3.05, 3.63) is 73.3 Å². The zero-order valence-electron chi connectivity index (χ0n) is 21.6. The maximum absolute atomic E-state index is 13.0. The van der Waals surface area contributed by atoms with Gasteiger partial charge in [0.05, 0.1) is 18.1 Å². The Hall–Kier alpha value is -4.73. The highest BCUT2D eigenvalue weighted by Crippen LogP contribution is 2.46. The third kappa shape index (κ3) is 4.37. The number of nitrogens with one attached hydrogen (secondary N) is 1. The number of benzene rings is 1. The summed E-state index contributed by atoms with van der Waals surface area (Å²) in [5.74, 6) is 1.85. The van der Waals surface area contributed by atoms with Gasteiger partial charge < -0.3 is 25.3 Å². The minimum atomic E-state index is -0.316. The monoisotopic (exact) mass is 523 g/mol. The van der Waals surface area contributed by atoms with E-state index in [-0.39, 0.29) is 17.9 Å². The molecule has 10 heteroatoms. The van der Waals surface area contributed by atoms with Crippen molar-refractivity contribution < 1.29 is 14.3 Å². The van der Waals surface area contributed by atoms with Gasteiger partial charge in [0.25, 0.3) is 5.91 Å². The largest absolute Gasteiger partial charge is 0.496 e. The van der Waals surface area contributed by atoms with Gasteiger partial charge in [0, 0.05) is 37.1 Å². The Kier molecular flexibility index (Phi) is 6.22. The van der Waals surface area contributed by atoms with E-state index in [4.69, 9.17) is 10.5 Å². The Morgan fingerprint density at radius 1 is 1.13 bits per heavy atom. The summed E-state index contributed by atoms with van der Waals surface area (Å²) in [5.41, 5.74) is 9.26. The number of aromatic nitrogens is 4. The molecule has 3 N–H and O–H groups in total. The van der Waals surface area contributed by atoms with Crippen LogP contribution in [-0.2, 0) is 4.79 Å². The number of likely N-dealkylation sites (tertiary alicyclic amines) is 1. The smallest absolute Gasteiger partial charge is 0.260 e. The van der Waals surface area contributed by atoms with Crippen molar-refractivity contribution in [1.82, 2.24) is 24.4 Å². The number of hydrogen-bond donors (Lipinski definition) is 2. The molecule has 1 aromatic carbocycles. The van der Waals surface area contributed by atoms with Crippen LogP contribution in [0, 0.1) is 11.8 Å². The highest BCUT2D eigenvalue weighted by molar-refractivity contribution is 6.07. The molecule has 2 aliphatic rings. The lowest BCUT2D eigenvalue weighted by Gasteiger charge is -2.19. The molecule has 0 spiro atoms. The Morgan fingerprint density at radius 2 is 1.92 bits per heavy atom. The van der Waals surface area contributed by atoms with Gasteiger partial charge in [-0.15, -0.1) is 0 Å². The number of fused-ring (bicyclic) bond motifs is 2. The van der Waals surface area contributed by atoms with Crippen molar-refractivity contribution in [3.8, 4) is 16.9 Å². The van der Waals surface area contributed by atoms with E-state index in [1.807, 2.05) is 17.0 Å². The number of carbonyl (C=O) groups is 2. The van der Waals surface area contributed by atoms with Crippen molar-refractivity contribution in [1.29, 1.82) is 0 Å². The molecule has 2 atom stereocenters. The van der Waals surface area contributed by atoms with Crippen molar-refractivity contribution >= 4 is 34.5 Å². The Labute approximate surface area is 225 Å². The maximum Gasteiger partial charge on any atom is 0.260 e. The maximum atomic E-state index is 13.0. The Morgan fingerprint density at radius 3 is 2.62 bits per heavy atom. The molecule has 10 nitrogen and oxygen atoms in total. The second-order valence-corrected chi connectivity index (χ2v) is 10.1. The molecule has 198 valence electrons. The second kappa shape index (κ2) is 9.86. The topological polar surface area (TPSA) is 128 Å². The predicted molar refractivity (Wildman–Crippen MR) is 148 cm³/mol. The van der Waals surface area contributed by atoms with Gasteiger partial charge in [-0.25, -0.2) is 15.0 Å². The molecule has 39 heavy (non-hydrogen) atoms. The van der Waals surface area contributed by atoms with E-state index in [9.17, 15) is 9.59 Å². The first-order chi connectivity index (χ1) is 19.0. The van der Waals surface area contributed by atoms with Gasteiger partial charge in [0.1, 0.15) is 29.4 Å². The van der Waals surface area contributed by atoms with Crippen molar-refractivity contribution in [3.63, 3.8) is 0 Å². The van der Waals surface area contributed by atoms with Gasteiger partial charge in [-0.1, -0.05) is 18.7 Å². The van der Waals surface area contributed by atoms with E-state index in [0.717, 1.165) is 48.1 Å². The molecule has 6 rings (SSSR count). The molecule has 2 amide bonds. The summed E-state index contributed by atoms with van der Waals surface area (Å²) in [4.78, 5) is 40.0. The van der Waals surface area contributed by atoms with Crippen LogP contribution >= 0.6 is 0 Å². The highest BCUT2D eigenvalue weighted by atomic mass is 16.5. The molecule has 0 bridgehead atoms. The van der Waals surface area contributed by atoms with E-state index in [2.05, 4.69) is 37.6 Å². The first kappa shape index (κ1) is 24.6. The predicted octanol–water partition coefficient (Wildman–Crippen LogP) is 3.93. The lowest BCUT2D eigenvalue weighted by atomic mass is 10.0. The summed E-state index contributed by atoms with van der Waals surface area (Å²) < 4.78 is 7.82. The summed E-state index contributed by atoms with van der Waals surface area (Å²) in [6, 6.07) is 11.0. The number of carbonyl (C=O) groups excluding carboxylic acids is 2. The zero-order valence-corrected chi connectivity index (χ0v) is 21.6. The molecular formula is C29H29N7O3. The van der Waals surface area contributed by atoms with Crippen molar-refractivity contribution in [2.24, 2.45) is 11.8 Å². The number of ether oxygens (including phenoxy) is 1. The fraction of sp³-hybridized carbons (Fsp3) is 0.276. The van der Waals surface area contributed by atoms with Crippen LogP contribution in [0.15, 0.2) is 67.8 Å². The standard InChI is InChI=1S/C29H29N7O3/c1-3-25(37)35-13-18-10-20(11-19(18)14-35)36-15-22(26-27(30)32-16-33-28(26)36)17-7-8-21(23(12-17)39-2)29(38)34-24-6-4-5-9-31-24/h3-9,12,15-16,18-20H,1,10-11,13-14H2,2H3,(H2,30,32,33)(H,31,34,38). The molecule has 0 radical (unpaired) electrons. The van der Waals surface area contributed by atoms with E-state index >= 15 is 0 Å². The molecule has 4 aromatic rings. The lowest BCUT2D eigenvalue weighted by Crippen LogP contribution is -2.28.